The van der Waals surface area contributed by atoms with Gasteiger partial charge in [0.2, 0.25) is 5.41 Å². The highest BCUT2D eigenvalue weighted by Gasteiger charge is 2.72. The van der Waals surface area contributed by atoms with Crippen LogP contribution in [0.5, 0.6) is 0 Å². The molecule has 0 spiro atoms. The lowest BCUT2D eigenvalue weighted by molar-refractivity contribution is -0.288. The maximum Gasteiger partial charge on any atom is 0.411 e. The van der Waals surface area contributed by atoms with Crippen molar-refractivity contribution in [2.45, 2.75) is 38.0 Å². The Balaban J connectivity index is 1.31. The zero-order chi connectivity index (χ0) is 29.9. The molecule has 6 rings (SSSR count). The van der Waals surface area contributed by atoms with Gasteiger partial charge in [-0.1, -0.05) is 66.2 Å². The summed E-state index contributed by atoms with van der Waals surface area (Å²) >= 11 is 0. The van der Waals surface area contributed by atoms with Crippen LogP contribution in [0.4, 0.5) is 26.3 Å². The van der Waals surface area contributed by atoms with E-state index in [1.165, 1.54) is 24.3 Å². The standard InChI is InChI=1S/C32H24F6N4/c1-18-3-9-23(10-4-18)30(31(33,34)35,32(36,37)38)24-11-5-20(6-12-24)15-29-41-26-14-8-22(17-28(26)42-29)21-7-13-25-27(16-21)40-19(2)39-25/h3-14,16-17H,15H2,1-2H3,(H,39,40)(H,41,42). The van der Waals surface area contributed by atoms with Crippen LogP contribution in [0.25, 0.3) is 33.2 Å². The van der Waals surface area contributed by atoms with Crippen molar-refractivity contribution in [1.29, 1.82) is 0 Å². The van der Waals surface area contributed by atoms with Crippen LogP contribution in [0, 0.1) is 13.8 Å². The molecule has 0 fully saturated rings. The van der Waals surface area contributed by atoms with Gasteiger partial charge in [-0.15, -0.1) is 0 Å². The Morgan fingerprint density at radius 2 is 1.10 bits per heavy atom. The number of alkyl halides is 6. The van der Waals surface area contributed by atoms with E-state index in [4.69, 9.17) is 0 Å². The number of hydrogen-bond donors (Lipinski definition) is 2. The molecule has 4 nitrogen and oxygen atoms in total. The number of nitrogens with zero attached hydrogens (tertiary/aromatic N) is 2. The molecule has 0 aliphatic heterocycles. The zero-order valence-electron chi connectivity index (χ0n) is 22.5. The number of fused-ring (bicyclic) bond motifs is 2. The van der Waals surface area contributed by atoms with Gasteiger partial charge in [0.15, 0.2) is 0 Å². The van der Waals surface area contributed by atoms with E-state index in [1.807, 2.05) is 43.3 Å². The fourth-order valence-corrected chi connectivity index (χ4v) is 5.49. The highest BCUT2D eigenvalue weighted by Crippen LogP contribution is 2.56. The molecule has 0 bridgehead atoms. The summed E-state index contributed by atoms with van der Waals surface area (Å²) in [5.41, 5.74) is 0.244. The normalized spacial score (nSPS) is 12.9. The topological polar surface area (TPSA) is 57.4 Å². The Kier molecular flexibility index (Phi) is 6.40. The van der Waals surface area contributed by atoms with Crippen molar-refractivity contribution in [2.75, 3.05) is 0 Å². The molecule has 0 unspecified atom stereocenters. The molecule has 0 atom stereocenters. The first kappa shape index (κ1) is 27.6. The average molecular weight is 579 g/mol. The minimum absolute atomic E-state index is 0.193. The molecule has 0 amide bonds. The third-order valence-electron chi connectivity index (χ3n) is 7.56. The number of H-pyrrole nitrogens is 2. The molecular formula is C32H24F6N4. The van der Waals surface area contributed by atoms with Gasteiger partial charge in [-0.25, -0.2) is 9.97 Å². The summed E-state index contributed by atoms with van der Waals surface area (Å²) in [6, 6.07) is 20.3. The largest absolute Gasteiger partial charge is 0.411 e. The molecule has 0 radical (unpaired) electrons. The highest BCUT2D eigenvalue weighted by molar-refractivity contribution is 5.86. The fourth-order valence-electron chi connectivity index (χ4n) is 5.49. The Bertz CT molecular complexity index is 1880. The zero-order valence-corrected chi connectivity index (χ0v) is 22.5. The van der Waals surface area contributed by atoms with Crippen LogP contribution in [-0.4, -0.2) is 32.3 Å². The Labute approximate surface area is 236 Å². The number of aromatic amines is 2. The Morgan fingerprint density at radius 3 is 1.64 bits per heavy atom. The van der Waals surface area contributed by atoms with Gasteiger partial charge in [-0.2, -0.15) is 26.3 Å². The summed E-state index contributed by atoms with van der Waals surface area (Å²) in [6.45, 7) is 3.48. The van der Waals surface area contributed by atoms with Crippen LogP contribution in [0.2, 0.25) is 0 Å². The lowest BCUT2D eigenvalue weighted by Crippen LogP contribution is -2.54. The predicted molar refractivity (Wildman–Crippen MR) is 149 cm³/mol. The molecule has 214 valence electrons. The first-order valence-corrected chi connectivity index (χ1v) is 13.1. The second-order valence-corrected chi connectivity index (χ2v) is 10.5. The summed E-state index contributed by atoms with van der Waals surface area (Å²) in [7, 11) is 0. The Morgan fingerprint density at radius 1 is 0.595 bits per heavy atom. The van der Waals surface area contributed by atoms with Gasteiger partial charge in [0, 0.05) is 6.42 Å². The monoisotopic (exact) mass is 578 g/mol. The number of imidazole rings is 2. The summed E-state index contributed by atoms with van der Waals surface area (Å²) in [5.74, 6) is 1.35. The van der Waals surface area contributed by atoms with Gasteiger partial charge in [-0.05, 0) is 65.9 Å². The maximum atomic E-state index is 14.4. The molecule has 0 aliphatic carbocycles. The van der Waals surface area contributed by atoms with Gasteiger partial charge in [0.05, 0.1) is 22.1 Å². The van der Waals surface area contributed by atoms with E-state index in [9.17, 15) is 26.3 Å². The van der Waals surface area contributed by atoms with Crippen LogP contribution >= 0.6 is 0 Å². The van der Waals surface area contributed by atoms with E-state index in [-0.39, 0.29) is 6.42 Å². The van der Waals surface area contributed by atoms with Crippen molar-refractivity contribution >= 4 is 22.1 Å². The SMILES string of the molecule is Cc1ccc(C(c2ccc(Cc3nc4cc(-c5ccc6[nH]c(C)nc6c5)ccc4[nH]3)cc2)(C(F)(F)F)C(F)(F)F)cc1. The van der Waals surface area contributed by atoms with Gasteiger partial charge in [-0.3, -0.25) is 0 Å². The number of benzene rings is 4. The third kappa shape index (κ3) is 4.60. The van der Waals surface area contributed by atoms with Crippen molar-refractivity contribution in [3.8, 4) is 11.1 Å². The summed E-state index contributed by atoms with van der Waals surface area (Å²) in [6.07, 6.45) is -11.1. The van der Waals surface area contributed by atoms with Crippen LogP contribution in [0.1, 0.15) is 33.9 Å². The first-order chi connectivity index (χ1) is 19.8. The van der Waals surface area contributed by atoms with E-state index in [0.29, 0.717) is 22.5 Å². The van der Waals surface area contributed by atoms with Gasteiger partial charge >= 0.3 is 12.4 Å². The minimum atomic E-state index is -5.63. The Hall–Kier alpha value is -4.60. The molecule has 0 saturated heterocycles. The number of nitrogens with one attached hydrogen (secondary N) is 2. The van der Waals surface area contributed by atoms with Gasteiger partial charge in [0.1, 0.15) is 11.6 Å². The molecule has 2 aromatic heterocycles. The summed E-state index contributed by atoms with van der Waals surface area (Å²) < 4.78 is 86.4. The summed E-state index contributed by atoms with van der Waals surface area (Å²) in [4.78, 5) is 15.5. The molecular weight excluding hydrogens is 554 g/mol. The molecule has 42 heavy (non-hydrogen) atoms. The predicted octanol–water partition coefficient (Wildman–Crippen LogP) is 8.72. The van der Waals surface area contributed by atoms with Crippen LogP contribution < -0.4 is 0 Å². The fraction of sp³-hybridized carbons (Fsp3) is 0.188. The molecule has 4 aromatic carbocycles. The first-order valence-electron chi connectivity index (χ1n) is 13.1. The van der Waals surface area contributed by atoms with Crippen molar-refractivity contribution < 1.29 is 26.3 Å². The molecule has 2 N–H and O–H groups in total. The van der Waals surface area contributed by atoms with Crippen LogP contribution in [0.3, 0.4) is 0 Å². The number of aryl methyl sites for hydroxylation is 2. The highest BCUT2D eigenvalue weighted by atomic mass is 19.4. The van der Waals surface area contributed by atoms with E-state index in [1.54, 1.807) is 6.92 Å². The van der Waals surface area contributed by atoms with Crippen LogP contribution in [0.15, 0.2) is 84.9 Å². The second-order valence-electron chi connectivity index (χ2n) is 10.5. The second kappa shape index (κ2) is 9.75. The molecule has 10 heteroatoms. The maximum absolute atomic E-state index is 14.4. The third-order valence-corrected chi connectivity index (χ3v) is 7.56. The summed E-state index contributed by atoms with van der Waals surface area (Å²) in [5, 5.41) is 0. The van der Waals surface area contributed by atoms with E-state index < -0.39 is 28.9 Å². The van der Waals surface area contributed by atoms with Crippen molar-refractivity contribution in [1.82, 2.24) is 19.9 Å². The lowest BCUT2D eigenvalue weighted by atomic mass is 9.72. The molecule has 0 saturated carbocycles. The number of halogens is 6. The van der Waals surface area contributed by atoms with E-state index >= 15 is 0 Å². The number of hydrogen-bond acceptors (Lipinski definition) is 2. The van der Waals surface area contributed by atoms with E-state index in [2.05, 4.69) is 19.9 Å². The average Bonchev–Trinajstić information content (AvgIpc) is 3.50. The van der Waals surface area contributed by atoms with Crippen molar-refractivity contribution in [3.63, 3.8) is 0 Å². The molecule has 0 aliphatic rings. The minimum Gasteiger partial charge on any atom is -0.342 e. The quantitative estimate of drug-likeness (QED) is 0.201. The van der Waals surface area contributed by atoms with Crippen molar-refractivity contribution in [3.05, 3.63) is 119 Å². The smallest absolute Gasteiger partial charge is 0.342 e. The van der Waals surface area contributed by atoms with Crippen LogP contribution in [-0.2, 0) is 11.8 Å². The van der Waals surface area contributed by atoms with Gasteiger partial charge < -0.3 is 9.97 Å². The number of aromatic nitrogens is 4. The van der Waals surface area contributed by atoms with Gasteiger partial charge in [0.25, 0.3) is 0 Å². The van der Waals surface area contributed by atoms with E-state index in [0.717, 1.165) is 57.8 Å². The lowest BCUT2D eigenvalue weighted by Gasteiger charge is -2.38. The van der Waals surface area contributed by atoms with Crippen molar-refractivity contribution in [2.24, 2.45) is 0 Å². The molecule has 6 aromatic rings. The number of rotatable bonds is 5. The molecule has 2 heterocycles.